The summed E-state index contributed by atoms with van der Waals surface area (Å²) in [6.45, 7) is 7.21. The topological polar surface area (TPSA) is 55.1 Å². The molecule has 3 nitrogen and oxygen atoms in total. The minimum absolute atomic E-state index is 0.0251. The van der Waals surface area contributed by atoms with Gasteiger partial charge in [-0.3, -0.25) is 4.79 Å². The van der Waals surface area contributed by atoms with Crippen LogP contribution in [0.5, 0.6) is 0 Å². The Hall–Kier alpha value is -0.570. The Morgan fingerprint density at radius 2 is 2.06 bits per heavy atom. The van der Waals surface area contributed by atoms with Gasteiger partial charge in [0.25, 0.3) is 0 Å². The van der Waals surface area contributed by atoms with Crippen molar-refractivity contribution >= 4 is 5.91 Å². The summed E-state index contributed by atoms with van der Waals surface area (Å²) in [5, 5.41) is 3.03. The second kappa shape index (κ2) is 7.00. The van der Waals surface area contributed by atoms with E-state index in [9.17, 15) is 4.79 Å². The van der Waals surface area contributed by atoms with Gasteiger partial charge in [-0.2, -0.15) is 0 Å². The predicted octanol–water partition coefficient (Wildman–Crippen LogP) is 2.30. The van der Waals surface area contributed by atoms with Crippen LogP contribution in [0.1, 0.15) is 52.9 Å². The molecular formula is C14H28N2O. The fourth-order valence-electron chi connectivity index (χ4n) is 2.56. The van der Waals surface area contributed by atoms with Gasteiger partial charge in [-0.15, -0.1) is 0 Å². The zero-order valence-corrected chi connectivity index (χ0v) is 11.5. The van der Waals surface area contributed by atoms with E-state index in [4.69, 9.17) is 5.73 Å². The van der Waals surface area contributed by atoms with Crippen molar-refractivity contribution < 1.29 is 4.79 Å². The van der Waals surface area contributed by atoms with Crippen LogP contribution >= 0.6 is 0 Å². The highest BCUT2D eigenvalue weighted by atomic mass is 16.2. The van der Waals surface area contributed by atoms with Gasteiger partial charge in [-0.25, -0.2) is 0 Å². The van der Waals surface area contributed by atoms with Gasteiger partial charge in [0.2, 0.25) is 5.91 Å². The number of amides is 1. The van der Waals surface area contributed by atoms with E-state index in [-0.39, 0.29) is 17.9 Å². The van der Waals surface area contributed by atoms with Gasteiger partial charge in [0.05, 0.1) is 6.04 Å². The molecule has 1 saturated carbocycles. The van der Waals surface area contributed by atoms with Crippen molar-refractivity contribution in [1.29, 1.82) is 0 Å². The summed E-state index contributed by atoms with van der Waals surface area (Å²) in [6, 6.07) is -0.348. The summed E-state index contributed by atoms with van der Waals surface area (Å²) in [6.07, 6.45) is 6.16. The van der Waals surface area contributed by atoms with E-state index in [1.807, 2.05) is 6.92 Å². The van der Waals surface area contributed by atoms with E-state index in [1.54, 1.807) is 0 Å². The Morgan fingerprint density at radius 1 is 1.41 bits per heavy atom. The maximum absolute atomic E-state index is 11.9. The first-order chi connectivity index (χ1) is 8.06. The van der Waals surface area contributed by atoms with E-state index >= 15 is 0 Å². The van der Waals surface area contributed by atoms with Crippen LogP contribution in [0.25, 0.3) is 0 Å². The Morgan fingerprint density at radius 3 is 2.65 bits per heavy atom. The summed E-state index contributed by atoms with van der Waals surface area (Å²) in [7, 11) is 0. The largest absolute Gasteiger partial charge is 0.354 e. The number of hydrogen-bond donors (Lipinski definition) is 2. The van der Waals surface area contributed by atoms with Crippen LogP contribution in [0.2, 0.25) is 0 Å². The maximum atomic E-state index is 11.9. The first-order valence-corrected chi connectivity index (χ1v) is 7.09. The molecule has 3 heteroatoms. The van der Waals surface area contributed by atoms with Crippen LogP contribution in [-0.2, 0) is 4.79 Å². The molecule has 0 aromatic heterocycles. The first kappa shape index (κ1) is 14.5. The normalized spacial score (nSPS) is 28.5. The molecule has 1 rings (SSSR count). The average Bonchev–Trinajstić information content (AvgIpc) is 2.35. The van der Waals surface area contributed by atoms with E-state index in [0.29, 0.717) is 5.92 Å². The smallest absolute Gasteiger partial charge is 0.237 e. The molecule has 0 saturated heterocycles. The summed E-state index contributed by atoms with van der Waals surface area (Å²) in [5.41, 5.74) is 5.91. The predicted molar refractivity (Wildman–Crippen MR) is 71.6 cm³/mol. The number of nitrogens with two attached hydrogens (primary N) is 1. The van der Waals surface area contributed by atoms with Gasteiger partial charge in [0.1, 0.15) is 0 Å². The zero-order valence-electron chi connectivity index (χ0n) is 11.5. The minimum atomic E-state index is -0.348. The molecule has 0 aromatic rings. The molecule has 2 unspecified atom stereocenters. The molecule has 0 radical (unpaired) electrons. The van der Waals surface area contributed by atoms with Crippen LogP contribution < -0.4 is 11.1 Å². The summed E-state index contributed by atoms with van der Waals surface area (Å²) in [5.74, 6) is 1.68. The van der Waals surface area contributed by atoms with E-state index in [0.717, 1.165) is 18.9 Å². The molecule has 0 heterocycles. The molecular weight excluding hydrogens is 212 g/mol. The summed E-state index contributed by atoms with van der Waals surface area (Å²) >= 11 is 0. The second-order valence-electron chi connectivity index (χ2n) is 5.68. The Bertz CT molecular complexity index is 242. The number of rotatable bonds is 5. The first-order valence-electron chi connectivity index (χ1n) is 7.09. The Balaban J connectivity index is 2.31. The SMILES string of the molecule is CC[C@H](C)[C@H](N)C(=O)NCC1CCCCC1C. The minimum Gasteiger partial charge on any atom is -0.354 e. The molecule has 0 aromatic carbocycles. The van der Waals surface area contributed by atoms with Crippen molar-refractivity contribution in [3.63, 3.8) is 0 Å². The van der Waals surface area contributed by atoms with Crippen LogP contribution in [-0.4, -0.2) is 18.5 Å². The van der Waals surface area contributed by atoms with Gasteiger partial charge in [0, 0.05) is 6.54 Å². The average molecular weight is 240 g/mol. The van der Waals surface area contributed by atoms with Crippen molar-refractivity contribution in [1.82, 2.24) is 5.32 Å². The molecule has 4 atom stereocenters. The van der Waals surface area contributed by atoms with Crippen LogP contribution in [0.3, 0.4) is 0 Å². The molecule has 1 amide bonds. The second-order valence-corrected chi connectivity index (χ2v) is 5.68. The van der Waals surface area contributed by atoms with Gasteiger partial charge >= 0.3 is 0 Å². The summed E-state index contributed by atoms with van der Waals surface area (Å²) < 4.78 is 0. The number of nitrogens with one attached hydrogen (secondary N) is 1. The molecule has 0 spiro atoms. The van der Waals surface area contributed by atoms with Crippen molar-refractivity contribution in [2.24, 2.45) is 23.5 Å². The van der Waals surface area contributed by atoms with Crippen molar-refractivity contribution in [3.05, 3.63) is 0 Å². The van der Waals surface area contributed by atoms with Crippen molar-refractivity contribution in [3.8, 4) is 0 Å². The Kier molecular flexibility index (Phi) is 5.96. The molecule has 1 fully saturated rings. The highest BCUT2D eigenvalue weighted by Crippen LogP contribution is 2.28. The fraction of sp³-hybridized carbons (Fsp3) is 0.929. The molecule has 17 heavy (non-hydrogen) atoms. The summed E-state index contributed by atoms with van der Waals surface area (Å²) in [4.78, 5) is 11.9. The van der Waals surface area contributed by atoms with Crippen LogP contribution in [0.15, 0.2) is 0 Å². The van der Waals surface area contributed by atoms with E-state index < -0.39 is 0 Å². The lowest BCUT2D eigenvalue weighted by molar-refractivity contribution is -0.123. The van der Waals surface area contributed by atoms with Crippen LogP contribution in [0, 0.1) is 17.8 Å². The lowest BCUT2D eigenvalue weighted by atomic mass is 9.80. The third-order valence-electron chi connectivity index (χ3n) is 4.39. The standard InChI is InChI=1S/C14H28N2O/c1-4-10(2)13(15)14(17)16-9-12-8-6-5-7-11(12)3/h10-13H,4-9,15H2,1-3H3,(H,16,17)/t10-,11?,12?,13-/m0/s1. The molecule has 0 bridgehead atoms. The van der Waals surface area contributed by atoms with Crippen molar-refractivity contribution in [2.45, 2.75) is 58.9 Å². The van der Waals surface area contributed by atoms with Gasteiger partial charge < -0.3 is 11.1 Å². The van der Waals surface area contributed by atoms with Crippen LogP contribution in [0.4, 0.5) is 0 Å². The van der Waals surface area contributed by atoms with Gasteiger partial charge in [-0.1, -0.05) is 46.5 Å². The third-order valence-corrected chi connectivity index (χ3v) is 4.39. The maximum Gasteiger partial charge on any atom is 0.237 e. The van der Waals surface area contributed by atoms with Gasteiger partial charge in [0.15, 0.2) is 0 Å². The quantitative estimate of drug-likeness (QED) is 0.774. The van der Waals surface area contributed by atoms with E-state index in [2.05, 4.69) is 19.2 Å². The number of carbonyl (C=O) groups is 1. The zero-order chi connectivity index (χ0) is 12.8. The monoisotopic (exact) mass is 240 g/mol. The fourth-order valence-corrected chi connectivity index (χ4v) is 2.56. The highest BCUT2D eigenvalue weighted by Gasteiger charge is 2.24. The molecule has 0 aliphatic heterocycles. The van der Waals surface area contributed by atoms with Gasteiger partial charge in [-0.05, 0) is 24.2 Å². The molecule has 100 valence electrons. The molecule has 1 aliphatic carbocycles. The van der Waals surface area contributed by atoms with Crippen molar-refractivity contribution in [2.75, 3.05) is 6.54 Å². The number of hydrogen-bond acceptors (Lipinski definition) is 2. The number of carbonyl (C=O) groups excluding carboxylic acids is 1. The highest BCUT2D eigenvalue weighted by molar-refractivity contribution is 5.81. The lowest BCUT2D eigenvalue weighted by Gasteiger charge is -2.29. The third kappa shape index (κ3) is 4.30. The lowest BCUT2D eigenvalue weighted by Crippen LogP contribution is -2.46. The molecule has 1 aliphatic rings. The van der Waals surface area contributed by atoms with E-state index in [1.165, 1.54) is 25.7 Å². The Labute approximate surface area is 106 Å². The molecule has 3 N–H and O–H groups in total.